The van der Waals surface area contributed by atoms with Crippen molar-refractivity contribution in [2.45, 2.75) is 26.8 Å². The Morgan fingerprint density at radius 1 is 1.19 bits per heavy atom. The van der Waals surface area contributed by atoms with Gasteiger partial charge < -0.3 is 30.7 Å². The summed E-state index contributed by atoms with van der Waals surface area (Å²) in [4.78, 5) is 52.3. The molecule has 1 atom stereocenters. The quantitative estimate of drug-likeness (QED) is 0.331. The van der Waals surface area contributed by atoms with E-state index < -0.39 is 36.3 Å². The van der Waals surface area contributed by atoms with Gasteiger partial charge in [0.1, 0.15) is 28.7 Å². The van der Waals surface area contributed by atoms with Gasteiger partial charge in [-0.1, -0.05) is 6.07 Å². The molecule has 5 N–H and O–H groups in total. The van der Waals surface area contributed by atoms with E-state index in [1.54, 1.807) is 45.0 Å². The average molecular weight is 530 g/mol. The number of hydrogen-bond donors (Lipinski definition) is 3. The summed E-state index contributed by atoms with van der Waals surface area (Å²) in [6.45, 7) is 4.80. The number of hydrogen-bond acceptors (Lipinski definition) is 10. The smallest absolute Gasteiger partial charge is 0.325 e. The number of furan rings is 1. The molecule has 0 bridgehead atoms. The Labute approximate surface area is 216 Å². The van der Waals surface area contributed by atoms with E-state index in [1.807, 2.05) is 0 Å². The van der Waals surface area contributed by atoms with Crippen LogP contribution in [0.25, 0.3) is 0 Å². The second kappa shape index (κ2) is 11.6. The molecule has 0 saturated carbocycles. The molecule has 37 heavy (non-hydrogen) atoms. The van der Waals surface area contributed by atoms with E-state index in [9.17, 15) is 19.2 Å². The molecule has 0 radical (unpaired) electrons. The van der Waals surface area contributed by atoms with Crippen LogP contribution in [0.1, 0.15) is 50.2 Å². The number of aromatic nitrogens is 1. The Bertz CT molecular complexity index is 1330. The summed E-state index contributed by atoms with van der Waals surface area (Å²) >= 11 is 0.663. The summed E-state index contributed by atoms with van der Waals surface area (Å²) in [6, 6.07) is 6.80. The fourth-order valence-electron chi connectivity index (χ4n) is 3.53. The summed E-state index contributed by atoms with van der Waals surface area (Å²) < 4.78 is 20.1. The van der Waals surface area contributed by atoms with Crippen LogP contribution in [0.5, 0.6) is 5.75 Å². The molecular formula is C24H27N5O7S. The van der Waals surface area contributed by atoms with Crippen molar-refractivity contribution in [1.82, 2.24) is 9.69 Å². The maximum absolute atomic E-state index is 14.0. The molecule has 3 amide bonds. The molecule has 13 heteroatoms. The molecule has 2 aromatic heterocycles. The molecule has 2 heterocycles. The van der Waals surface area contributed by atoms with Crippen molar-refractivity contribution in [3.8, 4) is 5.75 Å². The van der Waals surface area contributed by atoms with Crippen LogP contribution < -0.4 is 26.4 Å². The van der Waals surface area contributed by atoms with Gasteiger partial charge in [-0.3, -0.25) is 24.1 Å². The molecule has 1 aromatic carbocycles. The lowest BCUT2D eigenvalue weighted by Crippen LogP contribution is -2.45. The molecule has 0 fully saturated rings. The third-order valence-corrected chi connectivity index (χ3v) is 6.07. The third kappa shape index (κ3) is 5.89. The van der Waals surface area contributed by atoms with Gasteiger partial charge in [-0.25, -0.2) is 0 Å². The minimum absolute atomic E-state index is 0.106. The first-order valence-electron chi connectivity index (χ1n) is 11.1. The van der Waals surface area contributed by atoms with Crippen LogP contribution in [-0.2, 0) is 14.3 Å². The van der Waals surface area contributed by atoms with Gasteiger partial charge in [-0.15, -0.1) is 0 Å². The zero-order chi connectivity index (χ0) is 27.3. The van der Waals surface area contributed by atoms with Gasteiger partial charge in [-0.05, 0) is 62.1 Å². The topological polar surface area (TPSA) is 180 Å². The predicted octanol–water partition coefficient (Wildman–Crippen LogP) is 2.11. The van der Waals surface area contributed by atoms with Crippen molar-refractivity contribution in [2.24, 2.45) is 5.73 Å². The second-order valence-electron chi connectivity index (χ2n) is 7.86. The molecule has 0 saturated heterocycles. The van der Waals surface area contributed by atoms with Gasteiger partial charge >= 0.3 is 5.97 Å². The highest BCUT2D eigenvalue weighted by Gasteiger charge is 2.39. The van der Waals surface area contributed by atoms with Gasteiger partial charge in [0.15, 0.2) is 11.7 Å². The number of nitrogens with two attached hydrogens (primary N) is 2. The van der Waals surface area contributed by atoms with Crippen molar-refractivity contribution in [3.63, 3.8) is 0 Å². The highest BCUT2D eigenvalue weighted by Crippen LogP contribution is 2.39. The Hall–Kier alpha value is -4.39. The fraction of sp³-hybridized carbons (Fsp3) is 0.292. The number of carbonyl (C=O) groups excluding carboxylic acids is 4. The predicted molar refractivity (Wildman–Crippen MR) is 135 cm³/mol. The third-order valence-electron chi connectivity index (χ3n) is 5.22. The van der Waals surface area contributed by atoms with E-state index >= 15 is 0 Å². The number of methoxy groups -OCH3 is 1. The molecule has 3 rings (SSSR count). The summed E-state index contributed by atoms with van der Waals surface area (Å²) in [5.41, 5.74) is 11.9. The normalized spacial score (nSPS) is 11.5. The minimum Gasteiger partial charge on any atom is -0.495 e. The standard InChI is InChI=1S/C24H27N5O7S/c1-5-35-17(30)11-27-23(32)20(16-9-7-13(3)36-16)29(14-10-12(2)6-8-15(14)34-4)24(33)21-18(25)19(22(26)31)28-37-21/h6-10,20H,5,11,25H2,1-4H3,(H2,26,31)(H,27,32). The number of esters is 1. The zero-order valence-corrected chi connectivity index (χ0v) is 21.5. The Balaban J connectivity index is 2.21. The van der Waals surface area contributed by atoms with Crippen LogP contribution in [0.4, 0.5) is 11.4 Å². The molecule has 0 spiro atoms. The Morgan fingerprint density at radius 2 is 1.92 bits per heavy atom. The van der Waals surface area contributed by atoms with Crippen LogP contribution in [0.3, 0.4) is 0 Å². The van der Waals surface area contributed by atoms with E-state index in [2.05, 4.69) is 9.69 Å². The van der Waals surface area contributed by atoms with Crippen LogP contribution in [0, 0.1) is 13.8 Å². The van der Waals surface area contributed by atoms with Gasteiger partial charge in [-0.2, -0.15) is 4.37 Å². The van der Waals surface area contributed by atoms with E-state index in [0.717, 1.165) is 10.5 Å². The molecule has 196 valence electrons. The molecule has 0 aliphatic rings. The molecule has 0 aliphatic carbocycles. The van der Waals surface area contributed by atoms with Crippen LogP contribution in [0.2, 0.25) is 0 Å². The number of aryl methyl sites for hydroxylation is 2. The van der Waals surface area contributed by atoms with Crippen molar-refractivity contribution >= 4 is 46.6 Å². The number of nitrogens with zero attached hydrogens (tertiary/aromatic N) is 2. The van der Waals surface area contributed by atoms with Crippen molar-refractivity contribution in [1.29, 1.82) is 0 Å². The first-order chi connectivity index (χ1) is 17.6. The summed E-state index contributed by atoms with van der Waals surface area (Å²) in [7, 11) is 1.41. The lowest BCUT2D eigenvalue weighted by molar-refractivity contribution is -0.143. The maximum Gasteiger partial charge on any atom is 0.325 e. The van der Waals surface area contributed by atoms with Crippen LogP contribution in [0.15, 0.2) is 34.7 Å². The molecule has 3 aromatic rings. The van der Waals surface area contributed by atoms with Crippen molar-refractivity contribution in [3.05, 3.63) is 58.0 Å². The molecular weight excluding hydrogens is 502 g/mol. The number of primary amides is 1. The van der Waals surface area contributed by atoms with E-state index in [0.29, 0.717) is 17.3 Å². The summed E-state index contributed by atoms with van der Waals surface area (Å²) in [6.07, 6.45) is 0. The largest absolute Gasteiger partial charge is 0.495 e. The minimum atomic E-state index is -1.41. The molecule has 1 unspecified atom stereocenters. The molecule has 12 nitrogen and oxygen atoms in total. The lowest BCUT2D eigenvalue weighted by Gasteiger charge is -2.31. The van der Waals surface area contributed by atoms with Gasteiger partial charge in [0.2, 0.25) is 0 Å². The number of anilines is 2. The second-order valence-corrected chi connectivity index (χ2v) is 8.64. The zero-order valence-electron chi connectivity index (χ0n) is 20.7. The Morgan fingerprint density at radius 3 is 2.49 bits per heavy atom. The number of ether oxygens (including phenoxy) is 2. The van der Waals surface area contributed by atoms with Crippen LogP contribution in [-0.4, -0.2) is 48.3 Å². The van der Waals surface area contributed by atoms with Gasteiger partial charge in [0.05, 0.1) is 25.1 Å². The monoisotopic (exact) mass is 529 g/mol. The number of amides is 3. The van der Waals surface area contributed by atoms with Crippen molar-refractivity contribution in [2.75, 3.05) is 30.9 Å². The number of nitrogens with one attached hydrogen (secondary N) is 1. The Kier molecular flexibility index (Phi) is 8.50. The maximum atomic E-state index is 14.0. The van der Waals surface area contributed by atoms with Crippen molar-refractivity contribution < 1.29 is 33.1 Å². The van der Waals surface area contributed by atoms with E-state index in [1.165, 1.54) is 13.2 Å². The van der Waals surface area contributed by atoms with Gasteiger partial charge in [0.25, 0.3) is 17.7 Å². The number of nitrogen functional groups attached to an aromatic ring is 1. The number of benzene rings is 1. The van der Waals surface area contributed by atoms with Gasteiger partial charge in [0, 0.05) is 0 Å². The summed E-state index contributed by atoms with van der Waals surface area (Å²) in [5, 5.41) is 2.50. The lowest BCUT2D eigenvalue weighted by atomic mass is 10.1. The average Bonchev–Trinajstić information content (AvgIpc) is 3.46. The highest BCUT2D eigenvalue weighted by atomic mass is 32.1. The van der Waals surface area contributed by atoms with E-state index in [4.69, 9.17) is 25.4 Å². The summed E-state index contributed by atoms with van der Waals surface area (Å²) in [5.74, 6) is -2.21. The first kappa shape index (κ1) is 27.2. The molecule has 0 aliphatic heterocycles. The number of rotatable bonds is 10. The SMILES string of the molecule is CCOC(=O)CNC(=O)C(c1ccc(C)o1)N(C(=O)c1snc(C(N)=O)c1N)c1cc(C)ccc1OC. The fourth-order valence-corrected chi connectivity index (χ4v) is 4.28. The van der Waals surface area contributed by atoms with E-state index in [-0.39, 0.29) is 40.1 Å². The number of carbonyl (C=O) groups is 4. The highest BCUT2D eigenvalue weighted by molar-refractivity contribution is 7.09. The van der Waals surface area contributed by atoms with Crippen LogP contribution >= 0.6 is 11.5 Å². The first-order valence-corrected chi connectivity index (χ1v) is 11.9.